The molecule has 0 aromatic carbocycles. The van der Waals surface area contributed by atoms with Crippen molar-refractivity contribution >= 4 is 6.01 Å². The first-order valence-corrected chi connectivity index (χ1v) is 5.15. The van der Waals surface area contributed by atoms with Crippen molar-refractivity contribution in [2.45, 2.75) is 26.4 Å². The van der Waals surface area contributed by atoms with Gasteiger partial charge < -0.3 is 14.6 Å². The zero-order chi connectivity index (χ0) is 11.3. The highest BCUT2D eigenvalue weighted by atomic mass is 16.4. The zero-order valence-corrected chi connectivity index (χ0v) is 9.66. The number of hydrogen-bond donors (Lipinski definition) is 1. The van der Waals surface area contributed by atoms with E-state index in [0.29, 0.717) is 12.1 Å². The van der Waals surface area contributed by atoms with Crippen LogP contribution in [0.4, 0.5) is 6.01 Å². The normalized spacial score (nSPS) is 10.7. The first-order valence-electron chi connectivity index (χ1n) is 5.15. The largest absolute Gasteiger partial charge is 0.432 e. The van der Waals surface area contributed by atoms with Crippen LogP contribution in [0.5, 0.6) is 0 Å². The van der Waals surface area contributed by atoms with Gasteiger partial charge in [0.15, 0.2) is 0 Å². The van der Waals surface area contributed by atoms with Crippen molar-refractivity contribution in [1.82, 2.24) is 10.3 Å². The van der Waals surface area contributed by atoms with Crippen molar-refractivity contribution in [3.63, 3.8) is 0 Å². The average molecular weight is 209 g/mol. The molecule has 0 radical (unpaired) electrons. The molecule has 0 unspecified atom stereocenters. The number of nitrogens with one attached hydrogen (secondary N) is 1. The zero-order valence-electron chi connectivity index (χ0n) is 9.66. The second-order valence-electron chi connectivity index (χ2n) is 3.69. The van der Waals surface area contributed by atoms with E-state index in [0.717, 1.165) is 18.8 Å². The Labute approximate surface area is 91.0 Å². The van der Waals surface area contributed by atoms with Crippen molar-refractivity contribution in [3.8, 4) is 0 Å². The highest BCUT2D eigenvalue weighted by molar-refractivity contribution is 5.29. The molecule has 0 aliphatic rings. The second kappa shape index (κ2) is 5.56. The van der Waals surface area contributed by atoms with Crippen LogP contribution >= 0.6 is 0 Å². The molecule has 0 aliphatic carbocycles. The lowest BCUT2D eigenvalue weighted by Crippen LogP contribution is -2.31. The van der Waals surface area contributed by atoms with Crippen molar-refractivity contribution < 1.29 is 4.42 Å². The number of oxazole rings is 1. The van der Waals surface area contributed by atoms with Gasteiger partial charge in [0, 0.05) is 19.1 Å². The van der Waals surface area contributed by atoms with Gasteiger partial charge >= 0.3 is 0 Å². The number of anilines is 1. The summed E-state index contributed by atoms with van der Waals surface area (Å²) < 4.78 is 5.42. The fraction of sp³-hybridized carbons (Fsp3) is 0.545. The van der Waals surface area contributed by atoms with Crippen LogP contribution in [0.3, 0.4) is 0 Å². The number of aromatic nitrogens is 1. The molecule has 1 aromatic heterocycles. The van der Waals surface area contributed by atoms with Crippen molar-refractivity contribution in [2.24, 2.45) is 0 Å². The van der Waals surface area contributed by atoms with Crippen molar-refractivity contribution in [1.29, 1.82) is 0 Å². The van der Waals surface area contributed by atoms with Gasteiger partial charge in [0.1, 0.15) is 6.26 Å². The summed E-state index contributed by atoms with van der Waals surface area (Å²) in [6, 6.07) is 1.01. The van der Waals surface area contributed by atoms with E-state index in [2.05, 4.69) is 35.6 Å². The van der Waals surface area contributed by atoms with Crippen LogP contribution in [0, 0.1) is 0 Å². The van der Waals surface area contributed by atoms with Gasteiger partial charge in [-0.2, -0.15) is 4.98 Å². The summed E-state index contributed by atoms with van der Waals surface area (Å²) >= 11 is 0. The molecule has 84 valence electrons. The molecule has 1 aromatic rings. The van der Waals surface area contributed by atoms with Crippen molar-refractivity contribution in [3.05, 3.63) is 24.6 Å². The number of hydrogen-bond acceptors (Lipinski definition) is 4. The molecule has 1 N–H and O–H groups in total. The van der Waals surface area contributed by atoms with Gasteiger partial charge in [-0.1, -0.05) is 6.08 Å². The quantitative estimate of drug-likeness (QED) is 0.725. The molecule has 0 saturated carbocycles. The van der Waals surface area contributed by atoms with Crippen LogP contribution in [-0.4, -0.2) is 24.6 Å². The van der Waals surface area contributed by atoms with Crippen LogP contribution < -0.4 is 10.2 Å². The Morgan fingerprint density at radius 2 is 2.40 bits per heavy atom. The van der Waals surface area contributed by atoms with Crippen LogP contribution in [0.2, 0.25) is 0 Å². The van der Waals surface area contributed by atoms with Crippen LogP contribution in [0.25, 0.3) is 0 Å². The summed E-state index contributed by atoms with van der Waals surface area (Å²) in [7, 11) is 1.89. The maximum atomic E-state index is 5.42. The van der Waals surface area contributed by atoms with Gasteiger partial charge in [-0.3, -0.25) is 0 Å². The summed E-state index contributed by atoms with van der Waals surface area (Å²) in [4.78, 5) is 6.45. The topological polar surface area (TPSA) is 41.3 Å². The highest BCUT2D eigenvalue weighted by Crippen LogP contribution is 2.16. The van der Waals surface area contributed by atoms with Crippen molar-refractivity contribution in [2.75, 3.05) is 18.5 Å². The lowest BCUT2D eigenvalue weighted by molar-refractivity contribution is 0.521. The number of rotatable bonds is 6. The predicted octanol–water partition coefficient (Wildman–Crippen LogP) is 1.79. The maximum Gasteiger partial charge on any atom is 0.297 e. The molecule has 0 aliphatic heterocycles. The van der Waals surface area contributed by atoms with Crippen LogP contribution in [0.15, 0.2) is 23.3 Å². The molecule has 1 heterocycles. The van der Waals surface area contributed by atoms with Gasteiger partial charge in [-0.05, 0) is 20.9 Å². The van der Waals surface area contributed by atoms with Gasteiger partial charge in [-0.25, -0.2) is 0 Å². The molecule has 0 atom stereocenters. The highest BCUT2D eigenvalue weighted by Gasteiger charge is 2.14. The Balaban J connectivity index is 2.76. The van der Waals surface area contributed by atoms with Gasteiger partial charge in [0.25, 0.3) is 6.01 Å². The minimum absolute atomic E-state index is 0.351. The third kappa shape index (κ3) is 3.09. The summed E-state index contributed by atoms with van der Waals surface area (Å²) in [6.07, 6.45) is 3.53. The monoisotopic (exact) mass is 209 g/mol. The molecular weight excluding hydrogens is 190 g/mol. The number of nitrogens with zero attached hydrogens (tertiary/aromatic N) is 2. The van der Waals surface area contributed by atoms with E-state index in [1.807, 2.05) is 13.1 Å². The third-order valence-corrected chi connectivity index (χ3v) is 2.09. The van der Waals surface area contributed by atoms with Gasteiger partial charge in [0.2, 0.25) is 0 Å². The first-order chi connectivity index (χ1) is 7.19. The minimum Gasteiger partial charge on any atom is -0.432 e. The van der Waals surface area contributed by atoms with E-state index in [9.17, 15) is 0 Å². The molecule has 0 saturated heterocycles. The van der Waals surface area contributed by atoms with E-state index in [-0.39, 0.29) is 0 Å². The standard InChI is InChI=1S/C11H19N3O/c1-5-6-14(9(2)3)11-13-10(7-12-4)8-15-11/h5,8-9,12H,1,6-7H2,2-4H3. The minimum atomic E-state index is 0.351. The Bertz CT molecular complexity index is 307. The average Bonchev–Trinajstić information content (AvgIpc) is 2.62. The summed E-state index contributed by atoms with van der Waals surface area (Å²) in [5, 5.41) is 3.04. The molecule has 4 heteroatoms. The fourth-order valence-corrected chi connectivity index (χ4v) is 1.34. The molecule has 0 amide bonds. The molecule has 4 nitrogen and oxygen atoms in total. The molecule has 1 rings (SSSR count). The Morgan fingerprint density at radius 3 is 2.93 bits per heavy atom. The van der Waals surface area contributed by atoms with Crippen LogP contribution in [-0.2, 0) is 6.54 Å². The molecule has 0 bridgehead atoms. The lowest BCUT2D eigenvalue weighted by atomic mass is 10.3. The first kappa shape index (κ1) is 11.8. The van der Waals surface area contributed by atoms with E-state index in [1.165, 1.54) is 0 Å². The van der Waals surface area contributed by atoms with Gasteiger partial charge in [0.05, 0.1) is 5.69 Å². The lowest BCUT2D eigenvalue weighted by Gasteiger charge is -2.22. The van der Waals surface area contributed by atoms with E-state index < -0.39 is 0 Å². The van der Waals surface area contributed by atoms with E-state index >= 15 is 0 Å². The smallest absolute Gasteiger partial charge is 0.297 e. The summed E-state index contributed by atoms with van der Waals surface area (Å²) in [5.74, 6) is 0. The fourth-order valence-electron chi connectivity index (χ4n) is 1.34. The van der Waals surface area contributed by atoms with Crippen LogP contribution in [0.1, 0.15) is 19.5 Å². The summed E-state index contributed by atoms with van der Waals surface area (Å²) in [5.41, 5.74) is 0.919. The Kier molecular flexibility index (Phi) is 4.37. The molecular formula is C11H19N3O. The third-order valence-electron chi connectivity index (χ3n) is 2.09. The molecule has 0 spiro atoms. The second-order valence-corrected chi connectivity index (χ2v) is 3.69. The predicted molar refractivity (Wildman–Crippen MR) is 61.9 cm³/mol. The SMILES string of the molecule is C=CCN(c1nc(CNC)co1)C(C)C. The molecule has 15 heavy (non-hydrogen) atoms. The van der Waals surface area contributed by atoms with E-state index in [4.69, 9.17) is 4.42 Å². The molecule has 0 fully saturated rings. The Hall–Kier alpha value is -1.29. The van der Waals surface area contributed by atoms with Gasteiger partial charge in [-0.15, -0.1) is 6.58 Å². The van der Waals surface area contributed by atoms with E-state index in [1.54, 1.807) is 6.26 Å². The Morgan fingerprint density at radius 1 is 1.67 bits per heavy atom. The summed E-state index contributed by atoms with van der Waals surface area (Å²) in [6.45, 7) is 9.41. The maximum absolute atomic E-state index is 5.42.